The lowest BCUT2D eigenvalue weighted by Crippen LogP contribution is -2.41. The van der Waals surface area contributed by atoms with E-state index < -0.39 is 0 Å². The Bertz CT molecular complexity index is 368. The maximum absolute atomic E-state index is 6.00. The van der Waals surface area contributed by atoms with Gasteiger partial charge in [0.15, 0.2) is 0 Å². The van der Waals surface area contributed by atoms with Crippen molar-refractivity contribution in [2.24, 2.45) is 5.41 Å². The molecule has 2 heterocycles. The number of halogens is 1. The number of ether oxygens (including phenoxy) is 1. The highest BCUT2D eigenvalue weighted by molar-refractivity contribution is 7.16. The Morgan fingerprint density at radius 2 is 2.41 bits per heavy atom. The first-order valence-electron chi connectivity index (χ1n) is 6.23. The van der Waals surface area contributed by atoms with Gasteiger partial charge in [0.2, 0.25) is 0 Å². The van der Waals surface area contributed by atoms with Crippen LogP contribution in [0.1, 0.15) is 25.1 Å². The molecule has 2 unspecified atom stereocenters. The van der Waals surface area contributed by atoms with E-state index in [1.165, 1.54) is 4.88 Å². The molecule has 0 aliphatic carbocycles. The zero-order valence-corrected chi connectivity index (χ0v) is 12.0. The van der Waals surface area contributed by atoms with Gasteiger partial charge in [0.05, 0.1) is 10.4 Å². The smallest absolute Gasteiger partial charge is 0.0931 e. The number of nitrogens with one attached hydrogen (secondary N) is 1. The summed E-state index contributed by atoms with van der Waals surface area (Å²) in [6.45, 7) is 7.27. The molecule has 1 aliphatic heterocycles. The highest BCUT2D eigenvalue weighted by atomic mass is 35.5. The van der Waals surface area contributed by atoms with Gasteiger partial charge in [0, 0.05) is 23.4 Å². The van der Waals surface area contributed by atoms with E-state index in [0.29, 0.717) is 6.10 Å². The van der Waals surface area contributed by atoms with Crippen LogP contribution in [0.25, 0.3) is 0 Å². The van der Waals surface area contributed by atoms with Gasteiger partial charge >= 0.3 is 0 Å². The summed E-state index contributed by atoms with van der Waals surface area (Å²) in [4.78, 5) is 1.37. The molecule has 96 valence electrons. The summed E-state index contributed by atoms with van der Waals surface area (Å²) < 4.78 is 6.66. The molecule has 1 N–H and O–H groups in total. The fraction of sp³-hybridized carbons (Fsp3) is 0.692. The van der Waals surface area contributed by atoms with Crippen molar-refractivity contribution in [1.82, 2.24) is 5.32 Å². The van der Waals surface area contributed by atoms with Gasteiger partial charge in [0.25, 0.3) is 0 Å². The molecule has 0 radical (unpaired) electrons. The lowest BCUT2D eigenvalue weighted by atomic mass is 9.78. The van der Waals surface area contributed by atoms with Crippen LogP contribution in [0.3, 0.4) is 0 Å². The molecule has 1 saturated heterocycles. The van der Waals surface area contributed by atoms with Crippen molar-refractivity contribution in [2.75, 3.05) is 19.7 Å². The third-order valence-corrected chi connectivity index (χ3v) is 4.94. The summed E-state index contributed by atoms with van der Waals surface area (Å²) in [5, 5.41) is 3.48. The number of hydrogen-bond acceptors (Lipinski definition) is 3. The van der Waals surface area contributed by atoms with Crippen molar-refractivity contribution in [3.63, 3.8) is 0 Å². The standard InChI is InChI=1S/C13H20ClNOS/c1-3-15-9-13(6-7-16-10(13)2)8-11-4-5-12(14)17-11/h4-5,10,15H,3,6-9H2,1-2H3. The lowest BCUT2D eigenvalue weighted by Gasteiger charge is -2.32. The van der Waals surface area contributed by atoms with E-state index in [9.17, 15) is 0 Å². The van der Waals surface area contributed by atoms with Crippen LogP contribution in [-0.4, -0.2) is 25.8 Å². The van der Waals surface area contributed by atoms with E-state index in [2.05, 4.69) is 25.2 Å². The molecule has 2 nitrogen and oxygen atoms in total. The molecule has 0 spiro atoms. The van der Waals surface area contributed by atoms with Gasteiger partial charge in [0.1, 0.15) is 0 Å². The van der Waals surface area contributed by atoms with Crippen molar-refractivity contribution in [3.8, 4) is 0 Å². The zero-order valence-electron chi connectivity index (χ0n) is 10.5. The fourth-order valence-corrected chi connectivity index (χ4v) is 3.76. The molecular weight excluding hydrogens is 254 g/mol. The van der Waals surface area contributed by atoms with Crippen molar-refractivity contribution >= 4 is 22.9 Å². The van der Waals surface area contributed by atoms with Crippen LogP contribution in [0, 0.1) is 5.41 Å². The molecule has 1 aliphatic rings. The second kappa shape index (κ2) is 5.70. The van der Waals surface area contributed by atoms with Gasteiger partial charge < -0.3 is 10.1 Å². The van der Waals surface area contributed by atoms with Crippen LogP contribution in [-0.2, 0) is 11.2 Å². The van der Waals surface area contributed by atoms with E-state index in [-0.39, 0.29) is 5.41 Å². The van der Waals surface area contributed by atoms with Gasteiger partial charge in [-0.3, -0.25) is 0 Å². The number of thiophene rings is 1. The van der Waals surface area contributed by atoms with Crippen LogP contribution < -0.4 is 5.32 Å². The van der Waals surface area contributed by atoms with Crippen molar-refractivity contribution in [3.05, 3.63) is 21.3 Å². The minimum atomic E-state index is 0.240. The quantitative estimate of drug-likeness (QED) is 0.888. The Morgan fingerprint density at radius 1 is 1.59 bits per heavy atom. The molecule has 0 amide bonds. The number of rotatable bonds is 5. The highest BCUT2D eigenvalue weighted by Gasteiger charge is 2.41. The highest BCUT2D eigenvalue weighted by Crippen LogP contribution is 2.39. The first-order chi connectivity index (χ1) is 8.16. The number of hydrogen-bond donors (Lipinski definition) is 1. The summed E-state index contributed by atoms with van der Waals surface area (Å²) in [6.07, 6.45) is 2.53. The van der Waals surface area contributed by atoms with Crippen molar-refractivity contribution in [2.45, 2.75) is 32.8 Å². The predicted molar refractivity (Wildman–Crippen MR) is 74.0 cm³/mol. The van der Waals surface area contributed by atoms with Gasteiger partial charge in [-0.25, -0.2) is 0 Å². The van der Waals surface area contributed by atoms with E-state index in [4.69, 9.17) is 16.3 Å². The summed E-state index contributed by atoms with van der Waals surface area (Å²) in [5.74, 6) is 0. The van der Waals surface area contributed by atoms with E-state index in [1.54, 1.807) is 11.3 Å². The van der Waals surface area contributed by atoms with Crippen LogP contribution in [0.2, 0.25) is 4.34 Å². The first-order valence-corrected chi connectivity index (χ1v) is 7.42. The second-order valence-corrected chi connectivity index (χ2v) is 6.59. The minimum absolute atomic E-state index is 0.240. The molecule has 0 bridgehead atoms. The summed E-state index contributed by atoms with van der Waals surface area (Å²) >= 11 is 7.69. The average molecular weight is 274 g/mol. The molecule has 2 atom stereocenters. The Labute approximate surface area is 112 Å². The minimum Gasteiger partial charge on any atom is -0.378 e. The normalized spacial score (nSPS) is 28.8. The van der Waals surface area contributed by atoms with Gasteiger partial charge in [-0.2, -0.15) is 0 Å². The molecule has 17 heavy (non-hydrogen) atoms. The predicted octanol–water partition coefficient (Wildman–Crippen LogP) is 3.35. The van der Waals surface area contributed by atoms with Crippen molar-refractivity contribution in [1.29, 1.82) is 0 Å². The Morgan fingerprint density at radius 3 is 2.94 bits per heavy atom. The molecule has 0 saturated carbocycles. The molecule has 4 heteroatoms. The molecule has 0 aromatic carbocycles. The molecule has 1 fully saturated rings. The van der Waals surface area contributed by atoms with Crippen LogP contribution >= 0.6 is 22.9 Å². The third-order valence-electron chi connectivity index (χ3n) is 3.71. The molecule has 2 rings (SSSR count). The molecular formula is C13H20ClNOS. The maximum atomic E-state index is 6.00. The van der Waals surface area contributed by atoms with Crippen molar-refractivity contribution < 1.29 is 4.74 Å². The van der Waals surface area contributed by atoms with Crippen LogP contribution in [0.4, 0.5) is 0 Å². The SMILES string of the molecule is CCNCC1(Cc2ccc(Cl)s2)CCOC1C. The van der Waals surface area contributed by atoms with Crippen LogP contribution in [0.5, 0.6) is 0 Å². The summed E-state index contributed by atoms with van der Waals surface area (Å²) in [7, 11) is 0. The van der Waals surface area contributed by atoms with Gasteiger partial charge in [-0.15, -0.1) is 11.3 Å². The van der Waals surface area contributed by atoms with Gasteiger partial charge in [-0.05, 0) is 38.4 Å². The Kier molecular flexibility index (Phi) is 4.47. The van der Waals surface area contributed by atoms with E-state index in [1.807, 2.05) is 6.07 Å². The summed E-state index contributed by atoms with van der Waals surface area (Å²) in [5.41, 5.74) is 0.240. The van der Waals surface area contributed by atoms with E-state index >= 15 is 0 Å². The molecule has 1 aromatic heterocycles. The molecule has 1 aromatic rings. The monoisotopic (exact) mass is 273 g/mol. The average Bonchev–Trinajstić information content (AvgIpc) is 2.85. The van der Waals surface area contributed by atoms with E-state index in [0.717, 1.165) is 36.9 Å². The zero-order chi connectivity index (χ0) is 12.3. The summed E-state index contributed by atoms with van der Waals surface area (Å²) in [6, 6.07) is 4.13. The largest absolute Gasteiger partial charge is 0.378 e. The van der Waals surface area contributed by atoms with Crippen LogP contribution in [0.15, 0.2) is 12.1 Å². The fourth-order valence-electron chi connectivity index (χ4n) is 2.51. The Hall–Kier alpha value is -0.0900. The Balaban J connectivity index is 2.10. The second-order valence-electron chi connectivity index (χ2n) is 4.79. The van der Waals surface area contributed by atoms with Gasteiger partial charge in [-0.1, -0.05) is 18.5 Å². The maximum Gasteiger partial charge on any atom is 0.0931 e. The first kappa shape index (κ1) is 13.3. The lowest BCUT2D eigenvalue weighted by molar-refractivity contribution is 0.0637. The third kappa shape index (κ3) is 3.02. The topological polar surface area (TPSA) is 21.3 Å².